The van der Waals surface area contributed by atoms with E-state index in [-0.39, 0.29) is 0 Å². The fraction of sp³-hybridized carbons (Fsp3) is 0.105. The van der Waals surface area contributed by atoms with Gasteiger partial charge in [-0.15, -0.1) is 0 Å². The van der Waals surface area contributed by atoms with E-state index < -0.39 is 0 Å². The summed E-state index contributed by atoms with van der Waals surface area (Å²) in [6.45, 7) is 6.36. The van der Waals surface area contributed by atoms with Crippen molar-refractivity contribution in [2.75, 3.05) is 0 Å². The van der Waals surface area contributed by atoms with Gasteiger partial charge in [0.1, 0.15) is 17.9 Å². The summed E-state index contributed by atoms with van der Waals surface area (Å²) in [5.41, 5.74) is 3.65. The first-order chi connectivity index (χ1) is 10.7. The molecule has 1 heterocycles. The fourth-order valence-corrected chi connectivity index (χ4v) is 2.68. The monoisotopic (exact) mass is 309 g/mol. The number of benzene rings is 2. The molecule has 0 amide bonds. The van der Waals surface area contributed by atoms with Gasteiger partial charge in [-0.3, -0.25) is 4.98 Å². The van der Waals surface area contributed by atoms with E-state index in [2.05, 4.69) is 11.6 Å². The molecule has 0 fully saturated rings. The highest BCUT2D eigenvalue weighted by Gasteiger charge is 2.11. The average molecular weight is 310 g/mol. The van der Waals surface area contributed by atoms with Crippen LogP contribution in [0.3, 0.4) is 0 Å². The number of para-hydroxylation sites is 1. The van der Waals surface area contributed by atoms with Crippen molar-refractivity contribution in [1.29, 1.82) is 0 Å². The maximum Gasteiger partial charge on any atom is 0.146 e. The number of pyridine rings is 1. The van der Waals surface area contributed by atoms with Crippen molar-refractivity contribution in [3.05, 3.63) is 77.5 Å². The van der Waals surface area contributed by atoms with Gasteiger partial charge >= 0.3 is 0 Å². The van der Waals surface area contributed by atoms with Crippen molar-refractivity contribution in [2.45, 2.75) is 13.5 Å². The van der Waals surface area contributed by atoms with Crippen LogP contribution in [0, 0.1) is 0 Å². The number of ether oxygens (including phenoxy) is 1. The lowest BCUT2D eigenvalue weighted by molar-refractivity contribution is 0.309. The lowest BCUT2D eigenvalue weighted by Gasteiger charge is -2.11. The average Bonchev–Trinajstić information content (AvgIpc) is 2.54. The highest BCUT2D eigenvalue weighted by atomic mass is 35.5. The SMILES string of the molecule is C=C(C)c1cnc2c(OCc3ccccc3)cccc2c1Cl. The summed E-state index contributed by atoms with van der Waals surface area (Å²) < 4.78 is 5.92. The summed E-state index contributed by atoms with van der Waals surface area (Å²) in [4.78, 5) is 4.51. The zero-order chi connectivity index (χ0) is 15.5. The molecule has 0 aliphatic rings. The van der Waals surface area contributed by atoms with Gasteiger partial charge in [-0.25, -0.2) is 0 Å². The van der Waals surface area contributed by atoms with Crippen molar-refractivity contribution in [2.24, 2.45) is 0 Å². The Labute approximate surface area is 135 Å². The number of fused-ring (bicyclic) bond motifs is 1. The fourth-order valence-electron chi connectivity index (χ4n) is 2.31. The van der Waals surface area contributed by atoms with E-state index >= 15 is 0 Å². The quantitative estimate of drug-likeness (QED) is 0.635. The van der Waals surface area contributed by atoms with Gasteiger partial charge in [0.15, 0.2) is 0 Å². The molecule has 0 radical (unpaired) electrons. The summed E-state index contributed by atoms with van der Waals surface area (Å²) >= 11 is 6.47. The Kier molecular flexibility index (Phi) is 4.12. The molecule has 0 aliphatic carbocycles. The van der Waals surface area contributed by atoms with Crippen LogP contribution in [0.4, 0.5) is 0 Å². The third kappa shape index (κ3) is 2.83. The van der Waals surface area contributed by atoms with Crippen LogP contribution < -0.4 is 4.74 Å². The van der Waals surface area contributed by atoms with Crippen LogP contribution in [0.1, 0.15) is 18.1 Å². The molecule has 0 bridgehead atoms. The predicted octanol–water partition coefficient (Wildman–Crippen LogP) is 5.50. The van der Waals surface area contributed by atoms with Crippen LogP contribution in [-0.2, 0) is 6.61 Å². The Morgan fingerprint density at radius 3 is 2.64 bits per heavy atom. The van der Waals surface area contributed by atoms with Crippen LogP contribution in [0.2, 0.25) is 5.02 Å². The largest absolute Gasteiger partial charge is 0.487 e. The smallest absolute Gasteiger partial charge is 0.146 e. The molecule has 3 aromatic rings. The van der Waals surface area contributed by atoms with Gasteiger partial charge in [0, 0.05) is 17.1 Å². The van der Waals surface area contributed by atoms with Crippen molar-refractivity contribution < 1.29 is 4.74 Å². The third-order valence-corrected chi connectivity index (χ3v) is 3.90. The molecule has 0 unspecified atom stereocenters. The molecule has 22 heavy (non-hydrogen) atoms. The number of hydrogen-bond acceptors (Lipinski definition) is 2. The molecule has 0 saturated heterocycles. The minimum absolute atomic E-state index is 0.501. The van der Waals surface area contributed by atoms with Crippen LogP contribution in [0.15, 0.2) is 61.3 Å². The summed E-state index contributed by atoms with van der Waals surface area (Å²) in [5.74, 6) is 0.733. The summed E-state index contributed by atoms with van der Waals surface area (Å²) in [6, 6.07) is 15.8. The molecule has 2 nitrogen and oxygen atoms in total. The van der Waals surface area contributed by atoms with Crippen LogP contribution >= 0.6 is 11.6 Å². The number of aromatic nitrogens is 1. The second kappa shape index (κ2) is 6.20. The Morgan fingerprint density at radius 1 is 1.14 bits per heavy atom. The zero-order valence-corrected chi connectivity index (χ0v) is 13.1. The molecule has 0 spiro atoms. The summed E-state index contributed by atoms with van der Waals surface area (Å²) in [6.07, 6.45) is 1.75. The van der Waals surface area contributed by atoms with E-state index in [1.165, 1.54) is 0 Å². The first kappa shape index (κ1) is 14.6. The Balaban J connectivity index is 1.97. The van der Waals surface area contributed by atoms with Crippen molar-refractivity contribution >= 4 is 28.1 Å². The third-order valence-electron chi connectivity index (χ3n) is 3.49. The van der Waals surface area contributed by atoms with Crippen LogP contribution in [0.5, 0.6) is 5.75 Å². The number of hydrogen-bond donors (Lipinski definition) is 0. The van der Waals surface area contributed by atoms with Gasteiger partial charge in [-0.05, 0) is 24.1 Å². The van der Waals surface area contributed by atoms with E-state index in [0.29, 0.717) is 11.6 Å². The topological polar surface area (TPSA) is 22.1 Å². The molecule has 3 rings (SSSR count). The molecular weight excluding hydrogens is 294 g/mol. The molecule has 3 heteroatoms. The van der Waals surface area contributed by atoms with Crippen molar-refractivity contribution in [1.82, 2.24) is 4.98 Å². The Bertz CT molecular complexity index is 827. The lowest BCUT2D eigenvalue weighted by Crippen LogP contribution is -1.97. The van der Waals surface area contributed by atoms with E-state index in [1.54, 1.807) is 6.20 Å². The maximum atomic E-state index is 6.47. The zero-order valence-electron chi connectivity index (χ0n) is 12.3. The highest BCUT2D eigenvalue weighted by Crippen LogP contribution is 2.33. The van der Waals surface area contributed by atoms with Crippen LogP contribution in [-0.4, -0.2) is 4.98 Å². The van der Waals surface area contributed by atoms with E-state index in [0.717, 1.165) is 33.4 Å². The molecule has 110 valence electrons. The van der Waals surface area contributed by atoms with Crippen molar-refractivity contribution in [3.63, 3.8) is 0 Å². The number of nitrogens with zero attached hydrogens (tertiary/aromatic N) is 1. The molecule has 0 N–H and O–H groups in total. The van der Waals surface area contributed by atoms with Gasteiger partial charge in [-0.1, -0.05) is 60.6 Å². The summed E-state index contributed by atoms with van der Waals surface area (Å²) in [7, 11) is 0. The highest BCUT2D eigenvalue weighted by molar-refractivity contribution is 6.37. The van der Waals surface area contributed by atoms with E-state index in [1.807, 2.05) is 55.5 Å². The molecular formula is C19H16ClNO. The first-order valence-electron chi connectivity index (χ1n) is 7.06. The van der Waals surface area contributed by atoms with Gasteiger partial charge < -0.3 is 4.74 Å². The number of rotatable bonds is 4. The Hall–Kier alpha value is -2.32. The van der Waals surface area contributed by atoms with Gasteiger partial charge in [0.2, 0.25) is 0 Å². The predicted molar refractivity (Wildman–Crippen MR) is 92.2 cm³/mol. The van der Waals surface area contributed by atoms with Gasteiger partial charge in [0.05, 0.1) is 5.02 Å². The summed E-state index contributed by atoms with van der Waals surface area (Å²) in [5, 5.41) is 1.55. The van der Waals surface area contributed by atoms with Gasteiger partial charge in [-0.2, -0.15) is 0 Å². The molecule has 1 aromatic heterocycles. The Morgan fingerprint density at radius 2 is 1.91 bits per heavy atom. The molecule has 0 saturated carbocycles. The molecule has 0 atom stereocenters. The maximum absolute atomic E-state index is 6.47. The van der Waals surface area contributed by atoms with Crippen LogP contribution in [0.25, 0.3) is 16.5 Å². The number of allylic oxidation sites excluding steroid dienone is 1. The van der Waals surface area contributed by atoms with Crippen molar-refractivity contribution in [3.8, 4) is 5.75 Å². The first-order valence-corrected chi connectivity index (χ1v) is 7.44. The molecule has 0 aliphatic heterocycles. The lowest BCUT2D eigenvalue weighted by atomic mass is 10.1. The minimum Gasteiger partial charge on any atom is -0.487 e. The standard InChI is InChI=1S/C19H16ClNO/c1-13(2)16-11-21-19-15(18(16)20)9-6-10-17(19)22-12-14-7-4-3-5-8-14/h3-11H,1,12H2,2H3. The van der Waals surface area contributed by atoms with Gasteiger partial charge in [0.25, 0.3) is 0 Å². The molecule has 2 aromatic carbocycles. The normalized spacial score (nSPS) is 10.6. The number of halogens is 1. The second-order valence-electron chi connectivity index (χ2n) is 5.19. The minimum atomic E-state index is 0.501. The van der Waals surface area contributed by atoms with E-state index in [9.17, 15) is 0 Å². The second-order valence-corrected chi connectivity index (χ2v) is 5.57. The van der Waals surface area contributed by atoms with E-state index in [4.69, 9.17) is 16.3 Å².